The van der Waals surface area contributed by atoms with E-state index >= 15 is 0 Å². The molecule has 6 nitrogen and oxygen atoms in total. The molecule has 2 heterocycles. The second kappa shape index (κ2) is 7.04. The Labute approximate surface area is 145 Å². The Morgan fingerprint density at radius 2 is 2.08 bits per heavy atom. The first kappa shape index (κ1) is 17.1. The molecule has 1 aliphatic heterocycles. The maximum absolute atomic E-state index is 13.8. The lowest BCUT2D eigenvalue weighted by molar-refractivity contribution is 0.0770. The highest BCUT2D eigenvalue weighted by Gasteiger charge is 2.29. The van der Waals surface area contributed by atoms with Crippen molar-refractivity contribution in [3.8, 4) is 11.6 Å². The number of methoxy groups -OCH3 is 1. The number of likely N-dealkylation sites (tertiary alicyclic amines) is 1. The summed E-state index contributed by atoms with van der Waals surface area (Å²) >= 11 is 0. The number of hydrogen-bond donors (Lipinski definition) is 0. The lowest BCUT2D eigenvalue weighted by atomic mass is 10.2. The third kappa shape index (κ3) is 3.87. The van der Waals surface area contributed by atoms with Gasteiger partial charge in [-0.1, -0.05) is 0 Å². The standard InChI is InChI=1S/C18H20FN3O3/c1-11-8-17(21-12(2)20-11)25-14-6-7-22(10-14)18(23)13-4-5-16(24-3)15(19)9-13/h4-5,8-9,14H,6-7,10H2,1-3H3. The van der Waals surface area contributed by atoms with Crippen molar-refractivity contribution in [1.82, 2.24) is 14.9 Å². The molecule has 1 aromatic heterocycles. The number of nitrogens with zero attached hydrogens (tertiary/aromatic N) is 3. The molecule has 132 valence electrons. The predicted molar refractivity (Wildman–Crippen MR) is 89.4 cm³/mol. The second-order valence-corrected chi connectivity index (χ2v) is 6.02. The van der Waals surface area contributed by atoms with Crippen molar-refractivity contribution in [2.24, 2.45) is 0 Å². The van der Waals surface area contributed by atoms with E-state index in [0.717, 1.165) is 5.69 Å². The number of rotatable bonds is 4. The highest BCUT2D eigenvalue weighted by molar-refractivity contribution is 5.94. The Morgan fingerprint density at radius 3 is 2.76 bits per heavy atom. The van der Waals surface area contributed by atoms with Gasteiger partial charge in [-0.25, -0.2) is 9.37 Å². The molecule has 3 rings (SSSR count). The van der Waals surface area contributed by atoms with Crippen molar-refractivity contribution in [2.75, 3.05) is 20.2 Å². The molecular weight excluding hydrogens is 325 g/mol. The first-order valence-electron chi connectivity index (χ1n) is 8.08. The van der Waals surface area contributed by atoms with Crippen LogP contribution in [0, 0.1) is 19.7 Å². The lowest BCUT2D eigenvalue weighted by Gasteiger charge is -2.17. The van der Waals surface area contributed by atoms with Gasteiger partial charge in [0.2, 0.25) is 5.88 Å². The van der Waals surface area contributed by atoms with Crippen molar-refractivity contribution in [2.45, 2.75) is 26.4 Å². The summed E-state index contributed by atoms with van der Waals surface area (Å²) in [5.74, 6) is 0.512. The number of aromatic nitrogens is 2. The monoisotopic (exact) mass is 345 g/mol. The first-order valence-corrected chi connectivity index (χ1v) is 8.08. The summed E-state index contributed by atoms with van der Waals surface area (Å²) in [6.45, 7) is 4.68. The van der Waals surface area contributed by atoms with Crippen LogP contribution < -0.4 is 9.47 Å². The molecule has 1 aliphatic rings. The molecule has 0 aliphatic carbocycles. The topological polar surface area (TPSA) is 64.5 Å². The van der Waals surface area contributed by atoms with Crippen molar-refractivity contribution in [1.29, 1.82) is 0 Å². The summed E-state index contributed by atoms with van der Waals surface area (Å²) in [7, 11) is 1.39. The van der Waals surface area contributed by atoms with E-state index in [9.17, 15) is 9.18 Å². The summed E-state index contributed by atoms with van der Waals surface area (Å²) in [4.78, 5) is 22.7. The summed E-state index contributed by atoms with van der Waals surface area (Å²) in [5, 5.41) is 0. The molecular formula is C18H20FN3O3. The molecule has 1 atom stereocenters. The molecule has 2 aromatic rings. The van der Waals surface area contributed by atoms with Gasteiger partial charge < -0.3 is 14.4 Å². The van der Waals surface area contributed by atoms with Gasteiger partial charge in [0.05, 0.1) is 13.7 Å². The Balaban J connectivity index is 1.65. The van der Waals surface area contributed by atoms with E-state index in [4.69, 9.17) is 9.47 Å². The molecule has 0 radical (unpaired) electrons. The number of benzene rings is 1. The maximum atomic E-state index is 13.8. The normalized spacial score (nSPS) is 16.8. The van der Waals surface area contributed by atoms with Crippen molar-refractivity contribution in [3.05, 3.63) is 47.2 Å². The number of aryl methyl sites for hydroxylation is 2. The molecule has 7 heteroatoms. The van der Waals surface area contributed by atoms with E-state index in [1.165, 1.54) is 19.2 Å². The van der Waals surface area contributed by atoms with Crippen LogP contribution in [-0.4, -0.2) is 47.1 Å². The number of carbonyl (C=O) groups excluding carboxylic acids is 1. The first-order chi connectivity index (χ1) is 12.0. The highest BCUT2D eigenvalue weighted by Crippen LogP contribution is 2.22. The van der Waals surface area contributed by atoms with Crippen LogP contribution in [-0.2, 0) is 0 Å². The Kier molecular flexibility index (Phi) is 4.83. The molecule has 0 N–H and O–H groups in total. The predicted octanol–water partition coefficient (Wildman–Crippen LogP) is 2.53. The van der Waals surface area contributed by atoms with Crippen LogP contribution in [0.1, 0.15) is 28.3 Å². The number of amides is 1. The Hall–Kier alpha value is -2.70. The highest BCUT2D eigenvalue weighted by atomic mass is 19.1. The fourth-order valence-electron chi connectivity index (χ4n) is 2.90. The summed E-state index contributed by atoms with van der Waals surface area (Å²) in [5.41, 5.74) is 1.13. The molecule has 0 spiro atoms. The van der Waals surface area contributed by atoms with Crippen molar-refractivity contribution < 1.29 is 18.7 Å². The third-order valence-corrected chi connectivity index (χ3v) is 4.06. The van der Waals surface area contributed by atoms with Crippen LogP contribution >= 0.6 is 0 Å². The quantitative estimate of drug-likeness (QED) is 0.852. The molecule has 1 aromatic carbocycles. The van der Waals surface area contributed by atoms with Gasteiger partial charge in [-0.3, -0.25) is 4.79 Å². The molecule has 0 bridgehead atoms. The van der Waals surface area contributed by atoms with Gasteiger partial charge in [0.25, 0.3) is 5.91 Å². The van der Waals surface area contributed by atoms with Gasteiger partial charge in [0.1, 0.15) is 11.9 Å². The third-order valence-electron chi connectivity index (χ3n) is 4.06. The zero-order valence-electron chi connectivity index (χ0n) is 14.5. The second-order valence-electron chi connectivity index (χ2n) is 6.02. The van der Waals surface area contributed by atoms with E-state index in [-0.39, 0.29) is 17.8 Å². The molecule has 0 saturated carbocycles. The average molecular weight is 345 g/mol. The number of ether oxygens (including phenoxy) is 2. The fourth-order valence-corrected chi connectivity index (χ4v) is 2.90. The molecule has 1 saturated heterocycles. The van der Waals surface area contributed by atoms with Gasteiger partial charge in [0, 0.05) is 30.3 Å². The number of hydrogen-bond acceptors (Lipinski definition) is 5. The van der Waals surface area contributed by atoms with E-state index < -0.39 is 5.82 Å². The summed E-state index contributed by atoms with van der Waals surface area (Å²) < 4.78 is 24.6. The van der Waals surface area contributed by atoms with Gasteiger partial charge in [-0.05, 0) is 32.0 Å². The minimum absolute atomic E-state index is 0.119. The van der Waals surface area contributed by atoms with Crippen LogP contribution in [0.15, 0.2) is 24.3 Å². The number of halogens is 1. The zero-order chi connectivity index (χ0) is 18.0. The molecule has 1 unspecified atom stereocenters. The Morgan fingerprint density at radius 1 is 1.28 bits per heavy atom. The Bertz CT molecular complexity index is 777. The maximum Gasteiger partial charge on any atom is 0.254 e. The van der Waals surface area contributed by atoms with Gasteiger partial charge in [-0.15, -0.1) is 0 Å². The van der Waals surface area contributed by atoms with E-state index in [0.29, 0.717) is 36.8 Å². The van der Waals surface area contributed by atoms with Crippen LogP contribution in [0.4, 0.5) is 4.39 Å². The average Bonchev–Trinajstić information content (AvgIpc) is 3.01. The van der Waals surface area contributed by atoms with E-state index in [2.05, 4.69) is 9.97 Å². The fraction of sp³-hybridized carbons (Fsp3) is 0.389. The van der Waals surface area contributed by atoms with Gasteiger partial charge in [-0.2, -0.15) is 4.98 Å². The smallest absolute Gasteiger partial charge is 0.254 e. The minimum Gasteiger partial charge on any atom is -0.494 e. The van der Waals surface area contributed by atoms with Crippen molar-refractivity contribution >= 4 is 5.91 Å². The van der Waals surface area contributed by atoms with Gasteiger partial charge in [0.15, 0.2) is 11.6 Å². The van der Waals surface area contributed by atoms with Crippen LogP contribution in [0.25, 0.3) is 0 Å². The molecule has 25 heavy (non-hydrogen) atoms. The van der Waals surface area contributed by atoms with Crippen LogP contribution in [0.2, 0.25) is 0 Å². The summed E-state index contributed by atoms with van der Waals surface area (Å²) in [6.07, 6.45) is 0.563. The van der Waals surface area contributed by atoms with Crippen LogP contribution in [0.5, 0.6) is 11.6 Å². The minimum atomic E-state index is -0.549. The van der Waals surface area contributed by atoms with E-state index in [1.807, 2.05) is 13.8 Å². The zero-order valence-corrected chi connectivity index (χ0v) is 14.5. The summed E-state index contributed by atoms with van der Waals surface area (Å²) in [6, 6.07) is 6.00. The largest absolute Gasteiger partial charge is 0.494 e. The molecule has 1 amide bonds. The number of carbonyl (C=O) groups is 1. The lowest BCUT2D eigenvalue weighted by Crippen LogP contribution is -2.31. The van der Waals surface area contributed by atoms with E-state index in [1.54, 1.807) is 17.0 Å². The van der Waals surface area contributed by atoms with Crippen molar-refractivity contribution in [3.63, 3.8) is 0 Å². The van der Waals surface area contributed by atoms with Crippen LogP contribution in [0.3, 0.4) is 0 Å². The molecule has 1 fully saturated rings. The SMILES string of the molecule is COc1ccc(C(=O)N2CCC(Oc3cc(C)nc(C)n3)C2)cc1F. The van der Waals surface area contributed by atoms with Gasteiger partial charge >= 0.3 is 0 Å².